The van der Waals surface area contributed by atoms with Crippen molar-refractivity contribution in [3.63, 3.8) is 0 Å². The van der Waals surface area contributed by atoms with Crippen LogP contribution in [0.4, 0.5) is 5.69 Å². The van der Waals surface area contributed by atoms with Gasteiger partial charge in [0.15, 0.2) is 0 Å². The van der Waals surface area contributed by atoms with Crippen LogP contribution in [0.3, 0.4) is 0 Å². The van der Waals surface area contributed by atoms with E-state index < -0.39 is 16.1 Å². The third-order valence-corrected chi connectivity index (χ3v) is 5.45. The second-order valence-electron chi connectivity index (χ2n) is 6.54. The van der Waals surface area contributed by atoms with E-state index in [-0.39, 0.29) is 17.9 Å². The Kier molecular flexibility index (Phi) is 6.22. The number of nitrogens with zero attached hydrogens (tertiary/aromatic N) is 1. The smallest absolute Gasteiger partial charge is 0.243 e. The molecular weight excluding hydrogens is 312 g/mol. The Morgan fingerprint density at radius 3 is 2.09 bits per heavy atom. The van der Waals surface area contributed by atoms with Crippen molar-refractivity contribution in [1.82, 2.24) is 5.32 Å². The molecule has 0 aliphatic rings. The van der Waals surface area contributed by atoms with E-state index in [2.05, 4.69) is 5.32 Å². The fourth-order valence-corrected chi connectivity index (χ4v) is 3.35. The van der Waals surface area contributed by atoms with Crippen molar-refractivity contribution in [2.75, 3.05) is 10.6 Å². The quantitative estimate of drug-likeness (QED) is 0.865. The number of benzene rings is 1. The topological polar surface area (TPSA) is 66.5 Å². The number of anilines is 1. The molecule has 1 rings (SSSR count). The SMILES string of the molecule is Cc1ccc(N(C(C)C(=O)NC(C)C(C)C)S(C)(=O)=O)cc1C. The number of carbonyl (C=O) groups excluding carboxylic acids is 1. The number of nitrogens with one attached hydrogen (secondary N) is 1. The highest BCUT2D eigenvalue weighted by Gasteiger charge is 2.30. The van der Waals surface area contributed by atoms with Gasteiger partial charge in [-0.2, -0.15) is 0 Å². The fraction of sp³-hybridized carbons (Fsp3) is 0.588. The van der Waals surface area contributed by atoms with Gasteiger partial charge in [-0.15, -0.1) is 0 Å². The molecule has 1 aromatic carbocycles. The number of carbonyl (C=O) groups is 1. The van der Waals surface area contributed by atoms with Crippen LogP contribution in [-0.4, -0.2) is 32.7 Å². The zero-order chi connectivity index (χ0) is 17.9. The largest absolute Gasteiger partial charge is 0.352 e. The van der Waals surface area contributed by atoms with Crippen LogP contribution in [0.2, 0.25) is 0 Å². The van der Waals surface area contributed by atoms with Crippen molar-refractivity contribution in [3.8, 4) is 0 Å². The summed E-state index contributed by atoms with van der Waals surface area (Å²) in [6.45, 7) is 11.4. The zero-order valence-electron chi connectivity index (χ0n) is 15.0. The third-order valence-electron chi connectivity index (χ3n) is 4.20. The first-order valence-corrected chi connectivity index (χ1v) is 9.67. The van der Waals surface area contributed by atoms with E-state index in [1.807, 2.05) is 40.7 Å². The van der Waals surface area contributed by atoms with Crippen LogP contribution in [0.1, 0.15) is 38.8 Å². The van der Waals surface area contributed by atoms with Gasteiger partial charge in [0.2, 0.25) is 15.9 Å². The van der Waals surface area contributed by atoms with Crippen molar-refractivity contribution in [2.45, 2.75) is 53.6 Å². The lowest BCUT2D eigenvalue weighted by molar-refractivity contribution is -0.122. The molecule has 1 aromatic rings. The van der Waals surface area contributed by atoms with Crippen LogP contribution < -0.4 is 9.62 Å². The summed E-state index contributed by atoms with van der Waals surface area (Å²) in [6.07, 6.45) is 1.12. The van der Waals surface area contributed by atoms with Gasteiger partial charge in [0.05, 0.1) is 11.9 Å². The van der Waals surface area contributed by atoms with Crippen molar-refractivity contribution >= 4 is 21.6 Å². The van der Waals surface area contributed by atoms with Gasteiger partial charge >= 0.3 is 0 Å². The second kappa shape index (κ2) is 7.34. The molecule has 1 N–H and O–H groups in total. The minimum Gasteiger partial charge on any atom is -0.352 e. The molecule has 0 aromatic heterocycles. The molecule has 0 radical (unpaired) electrons. The number of sulfonamides is 1. The highest BCUT2D eigenvalue weighted by Crippen LogP contribution is 2.23. The first-order valence-electron chi connectivity index (χ1n) is 7.82. The Hall–Kier alpha value is -1.56. The van der Waals surface area contributed by atoms with Gasteiger partial charge in [0, 0.05) is 6.04 Å². The Labute approximate surface area is 140 Å². The van der Waals surface area contributed by atoms with Crippen molar-refractivity contribution in [2.24, 2.45) is 5.92 Å². The minimum absolute atomic E-state index is 0.0221. The molecule has 2 atom stereocenters. The molecule has 0 saturated heterocycles. The summed E-state index contributed by atoms with van der Waals surface area (Å²) in [4.78, 5) is 12.5. The molecule has 6 heteroatoms. The molecule has 130 valence electrons. The van der Waals surface area contributed by atoms with Gasteiger partial charge in [0.1, 0.15) is 6.04 Å². The third kappa shape index (κ3) is 4.96. The summed E-state index contributed by atoms with van der Waals surface area (Å²) in [5, 5.41) is 2.88. The molecule has 1 amide bonds. The number of hydrogen-bond donors (Lipinski definition) is 1. The first kappa shape index (κ1) is 19.5. The highest BCUT2D eigenvalue weighted by atomic mass is 32.2. The molecule has 0 heterocycles. The summed E-state index contributed by atoms with van der Waals surface area (Å²) in [5.74, 6) is -0.0192. The molecule has 0 fully saturated rings. The summed E-state index contributed by atoms with van der Waals surface area (Å²) >= 11 is 0. The van der Waals surface area contributed by atoms with E-state index >= 15 is 0 Å². The standard InChI is InChI=1S/C17H28N2O3S/c1-11(2)14(5)18-17(20)15(6)19(23(7,21)22)16-9-8-12(3)13(4)10-16/h8-11,14-15H,1-7H3,(H,18,20). The van der Waals surface area contributed by atoms with Crippen LogP contribution in [0.5, 0.6) is 0 Å². The normalized spacial score (nSPS) is 14.4. The van der Waals surface area contributed by atoms with E-state index in [1.165, 1.54) is 4.31 Å². The van der Waals surface area contributed by atoms with Gasteiger partial charge < -0.3 is 5.32 Å². The minimum atomic E-state index is -3.58. The molecule has 0 aliphatic heterocycles. The van der Waals surface area contributed by atoms with Crippen LogP contribution in [0, 0.1) is 19.8 Å². The number of rotatable bonds is 6. The Morgan fingerprint density at radius 1 is 1.09 bits per heavy atom. The van der Waals surface area contributed by atoms with Gasteiger partial charge in [0.25, 0.3) is 0 Å². The zero-order valence-corrected chi connectivity index (χ0v) is 15.9. The maximum absolute atomic E-state index is 12.5. The molecule has 0 saturated carbocycles. The predicted molar refractivity (Wildman–Crippen MR) is 95.1 cm³/mol. The van der Waals surface area contributed by atoms with E-state index in [9.17, 15) is 13.2 Å². The maximum Gasteiger partial charge on any atom is 0.243 e. The van der Waals surface area contributed by atoms with Crippen LogP contribution in [0.15, 0.2) is 18.2 Å². The number of amides is 1. The Morgan fingerprint density at radius 2 is 1.65 bits per heavy atom. The molecule has 5 nitrogen and oxygen atoms in total. The maximum atomic E-state index is 12.5. The monoisotopic (exact) mass is 340 g/mol. The average molecular weight is 340 g/mol. The number of hydrogen-bond acceptors (Lipinski definition) is 3. The molecule has 0 spiro atoms. The summed E-state index contributed by atoms with van der Waals surface area (Å²) in [5.41, 5.74) is 2.57. The van der Waals surface area contributed by atoms with E-state index in [0.717, 1.165) is 17.4 Å². The lowest BCUT2D eigenvalue weighted by Gasteiger charge is -2.30. The molecule has 2 unspecified atom stereocenters. The molecule has 23 heavy (non-hydrogen) atoms. The lowest BCUT2D eigenvalue weighted by atomic mass is 10.1. The van der Waals surface area contributed by atoms with Gasteiger partial charge in [-0.3, -0.25) is 9.10 Å². The van der Waals surface area contributed by atoms with Gasteiger partial charge in [-0.1, -0.05) is 19.9 Å². The Bertz CT molecular complexity index is 668. The van der Waals surface area contributed by atoms with Crippen molar-refractivity contribution in [3.05, 3.63) is 29.3 Å². The lowest BCUT2D eigenvalue weighted by Crippen LogP contribution is -2.50. The van der Waals surface area contributed by atoms with E-state index in [0.29, 0.717) is 5.69 Å². The summed E-state index contributed by atoms with van der Waals surface area (Å²) in [6, 6.07) is 4.56. The summed E-state index contributed by atoms with van der Waals surface area (Å²) in [7, 11) is -3.58. The van der Waals surface area contributed by atoms with Crippen LogP contribution in [0.25, 0.3) is 0 Å². The van der Waals surface area contributed by atoms with Crippen LogP contribution >= 0.6 is 0 Å². The first-order chi connectivity index (χ1) is 10.4. The van der Waals surface area contributed by atoms with E-state index in [1.54, 1.807) is 19.1 Å². The van der Waals surface area contributed by atoms with Crippen molar-refractivity contribution in [1.29, 1.82) is 0 Å². The molecular formula is C17H28N2O3S. The molecule has 0 bridgehead atoms. The summed E-state index contributed by atoms with van der Waals surface area (Å²) < 4.78 is 25.7. The average Bonchev–Trinajstić information content (AvgIpc) is 2.41. The van der Waals surface area contributed by atoms with Gasteiger partial charge in [-0.25, -0.2) is 8.42 Å². The van der Waals surface area contributed by atoms with Gasteiger partial charge in [-0.05, 0) is 56.9 Å². The van der Waals surface area contributed by atoms with Crippen LogP contribution in [-0.2, 0) is 14.8 Å². The highest BCUT2D eigenvalue weighted by molar-refractivity contribution is 7.92. The Balaban J connectivity index is 3.17. The van der Waals surface area contributed by atoms with Crippen molar-refractivity contribution < 1.29 is 13.2 Å². The van der Waals surface area contributed by atoms with E-state index in [4.69, 9.17) is 0 Å². The fourth-order valence-electron chi connectivity index (χ4n) is 2.18. The second-order valence-corrected chi connectivity index (χ2v) is 8.40. The predicted octanol–water partition coefficient (Wildman–Crippen LogP) is 2.62. The molecule has 0 aliphatic carbocycles. The number of aryl methyl sites for hydroxylation is 2.